The molecule has 1 aliphatic rings. The number of rotatable bonds is 6. The number of carbonyl (C=O) groups excluding carboxylic acids is 2. The maximum absolute atomic E-state index is 12.1. The van der Waals surface area contributed by atoms with E-state index in [2.05, 4.69) is 16.7 Å². The summed E-state index contributed by atoms with van der Waals surface area (Å²) < 4.78 is 0. The molecule has 0 saturated heterocycles. The summed E-state index contributed by atoms with van der Waals surface area (Å²) >= 11 is 1.19. The van der Waals surface area contributed by atoms with Gasteiger partial charge in [0.2, 0.25) is 11.8 Å². The van der Waals surface area contributed by atoms with Gasteiger partial charge in [-0.25, -0.2) is 0 Å². The molecule has 0 saturated carbocycles. The minimum Gasteiger partial charge on any atom is -0.351 e. The normalized spacial score (nSPS) is 16.4. The molecule has 0 spiro atoms. The zero-order valence-electron chi connectivity index (χ0n) is 14.6. The van der Waals surface area contributed by atoms with Gasteiger partial charge in [-0.2, -0.15) is 5.26 Å². The third-order valence-corrected chi connectivity index (χ3v) is 5.26. The molecule has 0 aromatic heterocycles. The van der Waals surface area contributed by atoms with Crippen LogP contribution in [0.15, 0.2) is 71.3 Å². The van der Waals surface area contributed by atoms with Gasteiger partial charge in [0.15, 0.2) is 0 Å². The quantitative estimate of drug-likeness (QED) is 0.811. The molecule has 1 heterocycles. The minimum atomic E-state index is -0.278. The number of nitriles is 1. The molecule has 2 aromatic rings. The second-order valence-electron chi connectivity index (χ2n) is 6.12. The highest BCUT2D eigenvalue weighted by atomic mass is 32.2. The van der Waals surface area contributed by atoms with Gasteiger partial charge in [-0.15, -0.1) is 0 Å². The van der Waals surface area contributed by atoms with Crippen molar-refractivity contribution < 1.29 is 9.59 Å². The first-order valence-electron chi connectivity index (χ1n) is 8.60. The van der Waals surface area contributed by atoms with E-state index in [1.165, 1.54) is 11.8 Å². The van der Waals surface area contributed by atoms with Crippen LogP contribution in [0.5, 0.6) is 0 Å². The van der Waals surface area contributed by atoms with E-state index >= 15 is 0 Å². The highest BCUT2D eigenvalue weighted by Gasteiger charge is 2.29. The minimum absolute atomic E-state index is 0.134. The van der Waals surface area contributed by atoms with Crippen LogP contribution in [-0.2, 0) is 16.1 Å². The van der Waals surface area contributed by atoms with Gasteiger partial charge in [0.05, 0.1) is 22.4 Å². The van der Waals surface area contributed by atoms with Crippen molar-refractivity contribution in [1.82, 2.24) is 10.6 Å². The summed E-state index contributed by atoms with van der Waals surface area (Å²) in [7, 11) is 0. The zero-order chi connectivity index (χ0) is 19.1. The average Bonchev–Trinajstić information content (AvgIpc) is 2.71. The van der Waals surface area contributed by atoms with E-state index < -0.39 is 0 Å². The number of nitrogens with one attached hydrogen (secondary N) is 2. The van der Waals surface area contributed by atoms with Crippen molar-refractivity contribution in [1.29, 1.82) is 5.26 Å². The van der Waals surface area contributed by atoms with E-state index in [-0.39, 0.29) is 29.9 Å². The molecule has 3 rings (SSSR count). The number of carbonyl (C=O) groups is 2. The van der Waals surface area contributed by atoms with Crippen LogP contribution in [0.1, 0.15) is 23.5 Å². The summed E-state index contributed by atoms with van der Waals surface area (Å²) in [5.74, 6) is -0.436. The topological polar surface area (TPSA) is 82.0 Å². The lowest BCUT2D eigenvalue weighted by molar-refractivity contribution is -0.121. The SMILES string of the molecule is N#CC1=C(SCC(=O)NCc2ccccc2)NC(=O)C[C@H]1c1ccccc1. The Morgan fingerprint density at radius 2 is 1.81 bits per heavy atom. The molecule has 0 fully saturated rings. The molecule has 2 N–H and O–H groups in total. The van der Waals surface area contributed by atoms with E-state index in [0.717, 1.165) is 11.1 Å². The van der Waals surface area contributed by atoms with E-state index in [0.29, 0.717) is 17.1 Å². The van der Waals surface area contributed by atoms with Crippen LogP contribution in [0, 0.1) is 11.3 Å². The van der Waals surface area contributed by atoms with Crippen LogP contribution >= 0.6 is 11.8 Å². The molecule has 0 unspecified atom stereocenters. The fourth-order valence-corrected chi connectivity index (χ4v) is 3.80. The lowest BCUT2D eigenvalue weighted by Gasteiger charge is -2.25. The number of thioether (sulfide) groups is 1. The average molecular weight is 377 g/mol. The number of benzene rings is 2. The first-order chi connectivity index (χ1) is 13.2. The van der Waals surface area contributed by atoms with Crippen LogP contribution < -0.4 is 10.6 Å². The second-order valence-corrected chi connectivity index (χ2v) is 7.11. The standard InChI is InChI=1S/C21H19N3O2S/c22-12-18-17(16-9-5-2-6-10-16)11-19(25)24-21(18)27-14-20(26)23-13-15-7-3-1-4-8-15/h1-10,17H,11,13-14H2,(H,23,26)(H,24,25)/t17-/m0/s1. The van der Waals surface area contributed by atoms with Gasteiger partial charge in [-0.3, -0.25) is 9.59 Å². The third kappa shape index (κ3) is 4.99. The summed E-state index contributed by atoms with van der Waals surface area (Å²) in [6.45, 7) is 0.448. The molecule has 2 amide bonds. The summed E-state index contributed by atoms with van der Waals surface area (Å²) in [5, 5.41) is 15.7. The van der Waals surface area contributed by atoms with Crippen LogP contribution in [0.25, 0.3) is 0 Å². The molecule has 1 aliphatic heterocycles. The molecule has 5 nitrogen and oxygen atoms in total. The number of nitrogens with zero attached hydrogens (tertiary/aromatic N) is 1. The Balaban J connectivity index is 1.66. The van der Waals surface area contributed by atoms with E-state index in [4.69, 9.17) is 0 Å². The van der Waals surface area contributed by atoms with Crippen LogP contribution in [0.4, 0.5) is 0 Å². The fourth-order valence-electron chi connectivity index (χ4n) is 2.89. The third-order valence-electron chi connectivity index (χ3n) is 4.24. The van der Waals surface area contributed by atoms with Gasteiger partial charge < -0.3 is 10.6 Å². The number of hydrogen-bond donors (Lipinski definition) is 2. The van der Waals surface area contributed by atoms with Crippen molar-refractivity contribution in [2.75, 3.05) is 5.75 Å². The van der Waals surface area contributed by atoms with Crippen molar-refractivity contribution in [3.05, 3.63) is 82.4 Å². The Labute approximate surface area is 162 Å². The van der Waals surface area contributed by atoms with Gasteiger partial charge in [0, 0.05) is 18.9 Å². The van der Waals surface area contributed by atoms with Gasteiger partial charge >= 0.3 is 0 Å². The van der Waals surface area contributed by atoms with Crippen molar-refractivity contribution >= 4 is 23.6 Å². The highest BCUT2D eigenvalue weighted by molar-refractivity contribution is 8.03. The number of amides is 2. The molecule has 6 heteroatoms. The molecule has 136 valence electrons. The van der Waals surface area contributed by atoms with Crippen molar-refractivity contribution in [3.8, 4) is 6.07 Å². The first kappa shape index (κ1) is 18.7. The molecule has 1 atom stereocenters. The maximum atomic E-state index is 12.1. The van der Waals surface area contributed by atoms with Crippen molar-refractivity contribution in [2.24, 2.45) is 0 Å². The summed E-state index contributed by atoms with van der Waals surface area (Å²) in [5.41, 5.74) is 2.44. The monoisotopic (exact) mass is 377 g/mol. The lowest BCUT2D eigenvalue weighted by atomic mass is 9.87. The molecule has 0 radical (unpaired) electrons. The fraction of sp³-hybridized carbons (Fsp3) is 0.190. The second kappa shape index (κ2) is 9.06. The van der Waals surface area contributed by atoms with Gasteiger partial charge in [-0.05, 0) is 11.1 Å². The summed E-state index contributed by atoms with van der Waals surface area (Å²) in [4.78, 5) is 24.2. The largest absolute Gasteiger partial charge is 0.351 e. The van der Waals surface area contributed by atoms with Crippen LogP contribution in [-0.4, -0.2) is 17.6 Å². The van der Waals surface area contributed by atoms with E-state index in [1.807, 2.05) is 60.7 Å². The first-order valence-corrected chi connectivity index (χ1v) is 9.58. The zero-order valence-corrected chi connectivity index (χ0v) is 15.5. The predicted molar refractivity (Wildman–Crippen MR) is 105 cm³/mol. The van der Waals surface area contributed by atoms with Gasteiger partial charge in [-0.1, -0.05) is 72.4 Å². The molecular weight excluding hydrogens is 358 g/mol. The van der Waals surface area contributed by atoms with Crippen LogP contribution in [0.2, 0.25) is 0 Å². The number of allylic oxidation sites excluding steroid dienone is 1. The molecule has 0 bridgehead atoms. The van der Waals surface area contributed by atoms with Gasteiger partial charge in [0.25, 0.3) is 0 Å². The van der Waals surface area contributed by atoms with E-state index in [9.17, 15) is 14.9 Å². The maximum Gasteiger partial charge on any atom is 0.230 e. The van der Waals surface area contributed by atoms with Crippen molar-refractivity contribution in [3.63, 3.8) is 0 Å². The van der Waals surface area contributed by atoms with Crippen molar-refractivity contribution in [2.45, 2.75) is 18.9 Å². The van der Waals surface area contributed by atoms with Gasteiger partial charge in [0.1, 0.15) is 0 Å². The summed E-state index contributed by atoms with van der Waals surface area (Å²) in [6.07, 6.45) is 0.233. The lowest BCUT2D eigenvalue weighted by Crippen LogP contribution is -2.32. The molecule has 27 heavy (non-hydrogen) atoms. The molecular formula is C21H19N3O2S. The Hall–Kier alpha value is -3.04. The molecule has 0 aliphatic carbocycles. The Morgan fingerprint density at radius 3 is 2.48 bits per heavy atom. The predicted octanol–water partition coefficient (Wildman–Crippen LogP) is 3.07. The van der Waals surface area contributed by atoms with E-state index in [1.54, 1.807) is 0 Å². The smallest absolute Gasteiger partial charge is 0.230 e. The van der Waals surface area contributed by atoms with Crippen LogP contribution in [0.3, 0.4) is 0 Å². The summed E-state index contributed by atoms with van der Waals surface area (Å²) in [6, 6.07) is 21.4. The number of hydrogen-bond acceptors (Lipinski definition) is 4. The highest BCUT2D eigenvalue weighted by Crippen LogP contribution is 2.35. The Bertz CT molecular complexity index is 889. The Kier molecular flexibility index (Phi) is 6.29. The Morgan fingerprint density at radius 1 is 1.15 bits per heavy atom. The molecule has 2 aromatic carbocycles.